The van der Waals surface area contributed by atoms with E-state index in [1.54, 1.807) is 12.1 Å². The van der Waals surface area contributed by atoms with Gasteiger partial charge in [-0.05, 0) is 50.7 Å². The molecule has 1 saturated carbocycles. The lowest BCUT2D eigenvalue weighted by Gasteiger charge is -2.28. The molecule has 142 valence electrons. The maximum Gasteiger partial charge on any atom is 0.315 e. The number of rotatable bonds is 4. The topological polar surface area (TPSA) is 74.5 Å². The minimum Gasteiger partial charge on any atom is -0.458 e. The third kappa shape index (κ3) is 3.85. The predicted molar refractivity (Wildman–Crippen MR) is 98.4 cm³/mol. The first-order valence-corrected chi connectivity index (χ1v) is 9.29. The maximum absolute atomic E-state index is 14.1. The number of carbonyl (C=O) groups excluding carboxylic acids is 1. The summed E-state index contributed by atoms with van der Waals surface area (Å²) in [5.41, 5.74) is 1.21. The van der Waals surface area contributed by atoms with E-state index in [2.05, 4.69) is 10.6 Å². The van der Waals surface area contributed by atoms with Gasteiger partial charge in [0.2, 0.25) is 0 Å². The fraction of sp³-hybridized carbons (Fsp3) is 0.550. The number of hydrogen-bond acceptors (Lipinski definition) is 3. The summed E-state index contributed by atoms with van der Waals surface area (Å²) in [5, 5.41) is 16.0. The number of aliphatic hydroxyl groups is 1. The number of amides is 2. The Bertz CT molecular complexity index is 779. The highest BCUT2D eigenvalue weighted by atomic mass is 19.1. The van der Waals surface area contributed by atoms with Gasteiger partial charge in [0.1, 0.15) is 17.2 Å². The van der Waals surface area contributed by atoms with Crippen molar-refractivity contribution in [1.82, 2.24) is 10.6 Å². The van der Waals surface area contributed by atoms with Gasteiger partial charge in [0.25, 0.3) is 0 Å². The van der Waals surface area contributed by atoms with Gasteiger partial charge < -0.3 is 20.2 Å². The van der Waals surface area contributed by atoms with Crippen molar-refractivity contribution in [2.45, 2.75) is 64.6 Å². The third-order valence-electron chi connectivity index (χ3n) is 5.21. The van der Waals surface area contributed by atoms with E-state index in [0.29, 0.717) is 29.6 Å². The quantitative estimate of drug-likeness (QED) is 0.764. The van der Waals surface area contributed by atoms with Gasteiger partial charge in [-0.1, -0.05) is 19.9 Å². The summed E-state index contributed by atoms with van der Waals surface area (Å²) < 4.78 is 20.0. The second-order valence-corrected chi connectivity index (χ2v) is 7.55. The summed E-state index contributed by atoms with van der Waals surface area (Å²) in [5.74, 6) is 0.355. The summed E-state index contributed by atoms with van der Waals surface area (Å²) in [6.45, 7) is 5.80. The average molecular weight is 362 g/mol. The van der Waals surface area contributed by atoms with Crippen LogP contribution in [0.15, 0.2) is 22.6 Å². The predicted octanol–water partition coefficient (Wildman–Crippen LogP) is 4.18. The molecule has 1 aliphatic carbocycles. The van der Waals surface area contributed by atoms with Crippen molar-refractivity contribution in [3.05, 3.63) is 35.3 Å². The lowest BCUT2D eigenvalue weighted by molar-refractivity contribution is 0.117. The molecule has 0 spiro atoms. The smallest absolute Gasteiger partial charge is 0.315 e. The molecule has 3 rings (SSSR count). The normalized spacial score (nSPS) is 21.8. The summed E-state index contributed by atoms with van der Waals surface area (Å²) in [6.07, 6.45) is 2.71. The number of halogens is 1. The number of hydrogen-bond donors (Lipinski definition) is 3. The van der Waals surface area contributed by atoms with Crippen molar-refractivity contribution in [2.75, 3.05) is 0 Å². The van der Waals surface area contributed by atoms with Crippen LogP contribution in [-0.2, 0) is 0 Å². The Morgan fingerprint density at radius 2 is 1.96 bits per heavy atom. The summed E-state index contributed by atoms with van der Waals surface area (Å²) in [7, 11) is 0. The Kier molecular flexibility index (Phi) is 5.51. The molecule has 0 unspecified atom stereocenters. The maximum atomic E-state index is 14.1. The molecule has 1 heterocycles. The van der Waals surface area contributed by atoms with Crippen LogP contribution >= 0.6 is 0 Å². The molecule has 6 heteroatoms. The molecule has 0 aliphatic heterocycles. The van der Waals surface area contributed by atoms with Gasteiger partial charge in [-0.25, -0.2) is 9.18 Å². The summed E-state index contributed by atoms with van der Waals surface area (Å²) in [6, 6.07) is 4.23. The van der Waals surface area contributed by atoms with Crippen LogP contribution in [0.4, 0.5) is 9.18 Å². The largest absolute Gasteiger partial charge is 0.458 e. The van der Waals surface area contributed by atoms with Crippen LogP contribution in [0.2, 0.25) is 0 Å². The van der Waals surface area contributed by atoms with E-state index >= 15 is 0 Å². The van der Waals surface area contributed by atoms with Crippen molar-refractivity contribution in [2.24, 2.45) is 5.92 Å². The van der Waals surface area contributed by atoms with Crippen molar-refractivity contribution in [3.63, 3.8) is 0 Å². The van der Waals surface area contributed by atoms with Crippen LogP contribution in [0.1, 0.15) is 56.9 Å². The Morgan fingerprint density at radius 3 is 2.58 bits per heavy atom. The molecule has 1 aromatic heterocycles. The van der Waals surface area contributed by atoms with Crippen LogP contribution in [0, 0.1) is 18.7 Å². The number of aliphatic hydroxyl groups excluding tert-OH is 1. The van der Waals surface area contributed by atoms with E-state index in [9.17, 15) is 14.3 Å². The molecule has 5 nitrogen and oxygen atoms in total. The molecule has 3 N–H and O–H groups in total. The third-order valence-corrected chi connectivity index (χ3v) is 5.21. The minimum absolute atomic E-state index is 0.0698. The van der Waals surface area contributed by atoms with Crippen molar-refractivity contribution < 1.29 is 18.7 Å². The molecule has 1 aliphatic rings. The molecule has 0 bridgehead atoms. The number of urea groups is 1. The van der Waals surface area contributed by atoms with E-state index in [0.717, 1.165) is 18.4 Å². The van der Waals surface area contributed by atoms with Crippen LogP contribution in [0.5, 0.6) is 0 Å². The molecule has 26 heavy (non-hydrogen) atoms. The van der Waals surface area contributed by atoms with Crippen molar-refractivity contribution >= 4 is 17.0 Å². The van der Waals surface area contributed by atoms with Crippen LogP contribution in [0.25, 0.3) is 11.0 Å². The molecular formula is C20H27FN2O3. The molecule has 1 fully saturated rings. The number of aryl methyl sites for hydroxylation is 1. The zero-order chi connectivity index (χ0) is 18.8. The monoisotopic (exact) mass is 362 g/mol. The molecule has 2 amide bonds. The van der Waals surface area contributed by atoms with Crippen LogP contribution in [-0.4, -0.2) is 23.3 Å². The highest BCUT2D eigenvalue weighted by molar-refractivity contribution is 5.83. The Balaban J connectivity index is 1.76. The summed E-state index contributed by atoms with van der Waals surface area (Å²) in [4.78, 5) is 12.5. The lowest BCUT2D eigenvalue weighted by Crippen LogP contribution is -2.46. The van der Waals surface area contributed by atoms with E-state index in [1.807, 2.05) is 20.8 Å². The van der Waals surface area contributed by atoms with E-state index < -0.39 is 0 Å². The number of furan rings is 1. The lowest BCUT2D eigenvalue weighted by atomic mass is 9.93. The van der Waals surface area contributed by atoms with E-state index in [4.69, 9.17) is 4.42 Å². The standard InChI is InChI=1S/C20H27FN2O3/c1-11(2)18(23-20(25)22-13-7-9-14(24)10-8-13)19-12(3)17-15(21)5-4-6-16(17)26-19/h4-6,11,13-14,18,24H,7-10H2,1-3H3,(H2,22,23,25)/t13?,14?,18-/m1/s1. The fourth-order valence-electron chi connectivity index (χ4n) is 3.69. The van der Waals surface area contributed by atoms with Gasteiger partial charge >= 0.3 is 6.03 Å². The van der Waals surface area contributed by atoms with Gasteiger partial charge in [0, 0.05) is 11.6 Å². The molecule has 1 aromatic carbocycles. The first-order chi connectivity index (χ1) is 12.4. The van der Waals surface area contributed by atoms with Gasteiger partial charge in [-0.3, -0.25) is 0 Å². The second-order valence-electron chi connectivity index (χ2n) is 7.55. The minimum atomic E-state index is -0.351. The summed E-state index contributed by atoms with van der Waals surface area (Å²) >= 11 is 0. The zero-order valence-corrected chi connectivity index (χ0v) is 15.5. The highest BCUT2D eigenvalue weighted by Crippen LogP contribution is 2.34. The van der Waals surface area contributed by atoms with E-state index in [1.165, 1.54) is 6.07 Å². The molecule has 1 atom stereocenters. The first-order valence-electron chi connectivity index (χ1n) is 9.29. The van der Waals surface area contributed by atoms with Gasteiger partial charge in [0.05, 0.1) is 17.5 Å². The second kappa shape index (κ2) is 7.66. The van der Waals surface area contributed by atoms with Crippen molar-refractivity contribution in [1.29, 1.82) is 0 Å². The van der Waals surface area contributed by atoms with Gasteiger partial charge in [-0.15, -0.1) is 0 Å². The van der Waals surface area contributed by atoms with Crippen LogP contribution in [0.3, 0.4) is 0 Å². The Morgan fingerprint density at radius 1 is 1.27 bits per heavy atom. The van der Waals surface area contributed by atoms with Gasteiger partial charge in [0.15, 0.2) is 0 Å². The number of nitrogens with one attached hydrogen (secondary N) is 2. The number of benzene rings is 1. The first kappa shape index (κ1) is 18.7. The van der Waals surface area contributed by atoms with Crippen molar-refractivity contribution in [3.8, 4) is 0 Å². The molecule has 2 aromatic rings. The molecule has 0 saturated heterocycles. The van der Waals surface area contributed by atoms with Gasteiger partial charge in [-0.2, -0.15) is 0 Å². The SMILES string of the molecule is Cc1c([C@H](NC(=O)NC2CCC(O)CC2)C(C)C)oc2cccc(F)c12. The van der Waals surface area contributed by atoms with E-state index in [-0.39, 0.29) is 36.0 Å². The fourth-order valence-corrected chi connectivity index (χ4v) is 3.69. The van der Waals surface area contributed by atoms with Crippen LogP contribution < -0.4 is 10.6 Å². The Hall–Kier alpha value is -2.08. The zero-order valence-electron chi connectivity index (χ0n) is 15.5. The number of fused-ring (bicyclic) bond motifs is 1. The average Bonchev–Trinajstić information content (AvgIpc) is 2.92. The molecular weight excluding hydrogens is 335 g/mol. The Labute approximate surface area is 153 Å². The highest BCUT2D eigenvalue weighted by Gasteiger charge is 2.27. The molecule has 0 radical (unpaired) electrons. The number of carbonyl (C=O) groups is 1.